The number of aldehydes is 1. The molecule has 1 N–H and O–H groups in total. The van der Waals surface area contributed by atoms with Gasteiger partial charge in [0.15, 0.2) is 5.82 Å². The highest BCUT2D eigenvalue weighted by atomic mass is 79.9. The van der Waals surface area contributed by atoms with Crippen LogP contribution in [0.2, 0.25) is 0 Å². The summed E-state index contributed by atoms with van der Waals surface area (Å²) in [7, 11) is 0. The second-order valence-corrected chi connectivity index (χ2v) is 4.88. The van der Waals surface area contributed by atoms with Crippen LogP contribution in [0.25, 0.3) is 0 Å². The van der Waals surface area contributed by atoms with Crippen molar-refractivity contribution in [2.24, 2.45) is 5.92 Å². The maximum atomic E-state index is 13.6. The average molecular weight is 329 g/mol. The van der Waals surface area contributed by atoms with Gasteiger partial charge < -0.3 is 10.1 Å². The molecule has 1 unspecified atom stereocenters. The van der Waals surface area contributed by atoms with E-state index in [0.29, 0.717) is 16.1 Å². The zero-order valence-electron chi connectivity index (χ0n) is 11.3. The van der Waals surface area contributed by atoms with Crippen molar-refractivity contribution in [2.75, 3.05) is 11.9 Å². The third kappa shape index (κ3) is 5.84. The Kier molecular flexibility index (Phi) is 8.81. The summed E-state index contributed by atoms with van der Waals surface area (Å²) in [5, 5.41) is 12.0. The summed E-state index contributed by atoms with van der Waals surface area (Å²) in [6.07, 6.45) is 1.80. The second-order valence-electron chi connectivity index (χ2n) is 4.03. The van der Waals surface area contributed by atoms with Gasteiger partial charge >= 0.3 is 0 Å². The van der Waals surface area contributed by atoms with Gasteiger partial charge in [0.05, 0.1) is 10.2 Å². The Morgan fingerprint density at radius 1 is 1.58 bits per heavy atom. The number of nitrogens with zero attached hydrogens (tertiary/aromatic N) is 1. The van der Waals surface area contributed by atoms with E-state index in [9.17, 15) is 4.39 Å². The molecule has 1 rings (SSSR count). The number of nitriles is 1. The Bertz CT molecular complexity index is 457. The van der Waals surface area contributed by atoms with E-state index in [1.54, 1.807) is 12.1 Å². The quantitative estimate of drug-likeness (QED) is 0.845. The predicted molar refractivity (Wildman–Crippen MR) is 78.5 cm³/mol. The van der Waals surface area contributed by atoms with Crippen molar-refractivity contribution in [3.8, 4) is 6.07 Å². The van der Waals surface area contributed by atoms with Crippen molar-refractivity contribution in [2.45, 2.75) is 27.2 Å². The number of anilines is 1. The van der Waals surface area contributed by atoms with E-state index in [4.69, 9.17) is 10.1 Å². The summed E-state index contributed by atoms with van der Waals surface area (Å²) in [5.41, 5.74) is 0.626. The first-order chi connectivity index (χ1) is 9.01. The van der Waals surface area contributed by atoms with Crippen LogP contribution >= 0.6 is 15.9 Å². The molecule has 1 aromatic carbocycles. The fraction of sp³-hybridized carbons (Fsp3) is 0.429. The Labute approximate surface area is 121 Å². The number of rotatable bonds is 4. The van der Waals surface area contributed by atoms with Gasteiger partial charge in [-0.2, -0.15) is 5.26 Å². The monoisotopic (exact) mass is 328 g/mol. The molecule has 0 heterocycles. The number of benzene rings is 1. The van der Waals surface area contributed by atoms with Crippen LogP contribution in [-0.4, -0.2) is 12.8 Å². The lowest BCUT2D eigenvalue weighted by Gasteiger charge is -2.13. The average Bonchev–Trinajstić information content (AvgIpc) is 2.40. The molecular formula is C14H18BrFN2O. The molecule has 3 nitrogen and oxygen atoms in total. The van der Waals surface area contributed by atoms with E-state index in [0.717, 1.165) is 19.3 Å². The largest absolute Gasteiger partial charge is 0.384 e. The maximum Gasteiger partial charge on any atom is 0.157 e. The van der Waals surface area contributed by atoms with Gasteiger partial charge in [0.25, 0.3) is 0 Å². The van der Waals surface area contributed by atoms with Crippen LogP contribution in [0.15, 0.2) is 16.6 Å². The lowest BCUT2D eigenvalue weighted by Crippen LogP contribution is -2.11. The predicted octanol–water partition coefficient (Wildman–Crippen LogP) is 4.12. The van der Waals surface area contributed by atoms with E-state index in [-0.39, 0.29) is 5.56 Å². The van der Waals surface area contributed by atoms with Gasteiger partial charge in [-0.15, -0.1) is 0 Å². The Balaban J connectivity index is 0.000000982. The van der Waals surface area contributed by atoms with Crippen molar-refractivity contribution in [3.63, 3.8) is 0 Å². The van der Waals surface area contributed by atoms with Crippen molar-refractivity contribution in [1.82, 2.24) is 0 Å². The molecule has 104 valence electrons. The number of halogens is 2. The van der Waals surface area contributed by atoms with Gasteiger partial charge in [-0.3, -0.25) is 0 Å². The highest BCUT2D eigenvalue weighted by Crippen LogP contribution is 2.25. The molecule has 5 heteroatoms. The van der Waals surface area contributed by atoms with Crippen molar-refractivity contribution < 1.29 is 9.18 Å². The third-order valence-electron chi connectivity index (χ3n) is 2.54. The standard InChI is InChI=1S/C12H14BrFN2.C2H4O/c1-3-8(2)7-16-11-5-4-10(13)12(14)9(11)6-15;1-2-3/h4-5,8,16H,3,7H2,1-2H3;2H,1H3. The lowest BCUT2D eigenvalue weighted by atomic mass is 10.1. The summed E-state index contributed by atoms with van der Waals surface area (Å²) in [5.74, 6) is -0.00472. The van der Waals surface area contributed by atoms with E-state index in [1.807, 2.05) is 6.07 Å². The molecule has 0 saturated carbocycles. The summed E-state index contributed by atoms with van der Waals surface area (Å²) in [6, 6.07) is 5.20. The minimum Gasteiger partial charge on any atom is -0.384 e. The molecule has 19 heavy (non-hydrogen) atoms. The summed E-state index contributed by atoms with van der Waals surface area (Å²) >= 11 is 3.06. The minimum atomic E-state index is -0.503. The van der Waals surface area contributed by atoms with E-state index in [2.05, 4.69) is 35.1 Å². The Hall–Kier alpha value is -1.41. The highest BCUT2D eigenvalue weighted by molar-refractivity contribution is 9.10. The molecule has 0 bridgehead atoms. The molecule has 1 aromatic rings. The molecule has 0 aliphatic carbocycles. The molecule has 0 aromatic heterocycles. The van der Waals surface area contributed by atoms with Gasteiger partial charge in [-0.05, 0) is 40.9 Å². The van der Waals surface area contributed by atoms with Gasteiger partial charge in [0.2, 0.25) is 0 Å². The molecule has 0 amide bonds. The third-order valence-corrected chi connectivity index (χ3v) is 3.16. The number of nitrogens with one attached hydrogen (secondary N) is 1. The minimum absolute atomic E-state index is 0.0673. The number of carbonyl (C=O) groups is 1. The van der Waals surface area contributed by atoms with Crippen molar-refractivity contribution in [1.29, 1.82) is 5.26 Å². The van der Waals surface area contributed by atoms with Gasteiger partial charge in [-0.25, -0.2) is 4.39 Å². The zero-order valence-corrected chi connectivity index (χ0v) is 12.9. The van der Waals surface area contributed by atoms with Crippen molar-refractivity contribution >= 4 is 27.9 Å². The van der Waals surface area contributed by atoms with Gasteiger partial charge in [-0.1, -0.05) is 20.3 Å². The SMILES string of the molecule is CC=O.CCC(C)CNc1ccc(Br)c(F)c1C#N. The number of hydrogen-bond acceptors (Lipinski definition) is 3. The smallest absolute Gasteiger partial charge is 0.157 e. The highest BCUT2D eigenvalue weighted by Gasteiger charge is 2.11. The van der Waals surface area contributed by atoms with Crippen LogP contribution in [0.5, 0.6) is 0 Å². The van der Waals surface area contributed by atoms with Crippen LogP contribution in [0.3, 0.4) is 0 Å². The summed E-state index contributed by atoms with van der Waals surface area (Å²) in [6.45, 7) is 6.39. The first-order valence-corrected chi connectivity index (χ1v) is 6.82. The molecule has 1 atom stereocenters. The van der Waals surface area contributed by atoms with Crippen LogP contribution in [0.1, 0.15) is 32.8 Å². The normalized spacial score (nSPS) is 10.7. The summed E-state index contributed by atoms with van der Waals surface area (Å²) < 4.78 is 13.9. The Morgan fingerprint density at radius 2 is 2.16 bits per heavy atom. The first kappa shape index (κ1) is 17.6. The van der Waals surface area contributed by atoms with E-state index in [1.165, 1.54) is 6.92 Å². The van der Waals surface area contributed by atoms with Gasteiger partial charge in [0.1, 0.15) is 17.9 Å². The second kappa shape index (κ2) is 9.51. The van der Waals surface area contributed by atoms with E-state index >= 15 is 0 Å². The van der Waals surface area contributed by atoms with Crippen LogP contribution in [0, 0.1) is 23.1 Å². The first-order valence-electron chi connectivity index (χ1n) is 6.03. The number of hydrogen-bond donors (Lipinski definition) is 1. The van der Waals surface area contributed by atoms with Crippen molar-refractivity contribution in [3.05, 3.63) is 28.0 Å². The summed E-state index contributed by atoms with van der Waals surface area (Å²) in [4.78, 5) is 8.81. The molecule has 0 aliphatic heterocycles. The molecule has 0 fully saturated rings. The molecule has 0 radical (unpaired) electrons. The number of carbonyl (C=O) groups excluding carboxylic acids is 1. The molecule has 0 aliphatic rings. The Morgan fingerprint density at radius 3 is 2.63 bits per heavy atom. The topological polar surface area (TPSA) is 52.9 Å². The van der Waals surface area contributed by atoms with Crippen LogP contribution in [0.4, 0.5) is 10.1 Å². The molecular weight excluding hydrogens is 311 g/mol. The van der Waals surface area contributed by atoms with Gasteiger partial charge in [0, 0.05) is 6.54 Å². The zero-order chi connectivity index (χ0) is 14.8. The molecule has 0 saturated heterocycles. The maximum absolute atomic E-state index is 13.6. The molecule has 0 spiro atoms. The van der Waals surface area contributed by atoms with E-state index < -0.39 is 5.82 Å². The lowest BCUT2D eigenvalue weighted by molar-refractivity contribution is -0.106. The van der Waals surface area contributed by atoms with Crippen LogP contribution in [-0.2, 0) is 4.79 Å². The van der Waals surface area contributed by atoms with Crippen LogP contribution < -0.4 is 5.32 Å². The fourth-order valence-electron chi connectivity index (χ4n) is 1.24. The fourth-order valence-corrected chi connectivity index (χ4v) is 1.57.